The Bertz CT molecular complexity index is 639. The van der Waals surface area contributed by atoms with E-state index in [0.29, 0.717) is 5.75 Å². The Labute approximate surface area is 120 Å². The first-order valence-corrected chi connectivity index (χ1v) is 7.38. The number of esters is 1. The summed E-state index contributed by atoms with van der Waals surface area (Å²) in [5, 5.41) is 0. The van der Waals surface area contributed by atoms with Gasteiger partial charge in [0.1, 0.15) is 12.4 Å². The molecule has 0 saturated carbocycles. The van der Waals surface area contributed by atoms with Gasteiger partial charge in [0.2, 0.25) is 0 Å². The number of thioether (sulfide) groups is 1. The second-order valence-corrected chi connectivity index (χ2v) is 5.03. The molecule has 0 aliphatic heterocycles. The Balaban J connectivity index is 2.24. The molecule has 2 aromatic rings. The molecule has 0 aliphatic carbocycles. The number of ether oxygens (including phenoxy) is 1. The van der Waals surface area contributed by atoms with Gasteiger partial charge in [0.05, 0.1) is 16.8 Å². The smallest absolute Gasteiger partial charge is 0.326 e. The molecule has 0 unspecified atom stereocenters. The van der Waals surface area contributed by atoms with Crippen molar-refractivity contribution in [2.45, 2.75) is 12.3 Å². The number of benzene rings is 1. The van der Waals surface area contributed by atoms with E-state index in [9.17, 15) is 9.59 Å². The molecule has 7 heteroatoms. The van der Waals surface area contributed by atoms with Crippen LogP contribution in [-0.4, -0.2) is 34.3 Å². The minimum Gasteiger partial charge on any atom is -0.454 e. The van der Waals surface area contributed by atoms with Gasteiger partial charge in [-0.05, 0) is 18.4 Å². The van der Waals surface area contributed by atoms with Crippen LogP contribution in [0.1, 0.15) is 5.82 Å². The highest BCUT2D eigenvalue weighted by molar-refractivity contribution is 7.97. The Morgan fingerprint density at radius 3 is 2.85 bits per heavy atom. The lowest BCUT2D eigenvalue weighted by Crippen LogP contribution is -2.23. The summed E-state index contributed by atoms with van der Waals surface area (Å²) in [4.78, 5) is 26.8. The van der Waals surface area contributed by atoms with E-state index in [0.717, 1.165) is 16.9 Å². The average molecular weight is 293 g/mol. The summed E-state index contributed by atoms with van der Waals surface area (Å²) in [5.41, 5.74) is 6.64. The third kappa shape index (κ3) is 3.30. The van der Waals surface area contributed by atoms with E-state index >= 15 is 0 Å². The van der Waals surface area contributed by atoms with Crippen molar-refractivity contribution in [1.29, 1.82) is 0 Å². The quantitative estimate of drug-likeness (QED) is 0.800. The van der Waals surface area contributed by atoms with Crippen LogP contribution >= 0.6 is 11.8 Å². The zero-order valence-electron chi connectivity index (χ0n) is 11.0. The number of amides is 1. The SMILES string of the molecule is CSCc1nc2ccccc2n1CC(=O)OCC(N)=O. The number of imidazole rings is 1. The highest BCUT2D eigenvalue weighted by Crippen LogP contribution is 2.18. The molecular weight excluding hydrogens is 278 g/mol. The van der Waals surface area contributed by atoms with Crippen molar-refractivity contribution in [2.75, 3.05) is 12.9 Å². The van der Waals surface area contributed by atoms with Crippen molar-refractivity contribution in [3.63, 3.8) is 0 Å². The highest BCUT2D eigenvalue weighted by Gasteiger charge is 2.14. The van der Waals surface area contributed by atoms with Crippen LogP contribution in [0, 0.1) is 0 Å². The molecule has 0 radical (unpaired) electrons. The molecule has 6 nitrogen and oxygen atoms in total. The van der Waals surface area contributed by atoms with Crippen molar-refractivity contribution in [3.05, 3.63) is 30.1 Å². The van der Waals surface area contributed by atoms with Gasteiger partial charge in [-0.1, -0.05) is 12.1 Å². The van der Waals surface area contributed by atoms with Gasteiger partial charge in [-0.3, -0.25) is 9.59 Å². The molecule has 1 amide bonds. The zero-order valence-corrected chi connectivity index (χ0v) is 11.9. The number of carbonyl (C=O) groups excluding carboxylic acids is 2. The summed E-state index contributed by atoms with van der Waals surface area (Å²) < 4.78 is 6.59. The van der Waals surface area contributed by atoms with Crippen LogP contribution in [0.15, 0.2) is 24.3 Å². The van der Waals surface area contributed by atoms with Gasteiger partial charge in [0.15, 0.2) is 6.61 Å². The fourth-order valence-electron chi connectivity index (χ4n) is 1.87. The molecule has 1 heterocycles. The molecule has 2 N–H and O–H groups in total. The molecule has 0 spiro atoms. The van der Waals surface area contributed by atoms with Gasteiger partial charge in [0.25, 0.3) is 5.91 Å². The zero-order chi connectivity index (χ0) is 14.5. The Morgan fingerprint density at radius 1 is 1.40 bits per heavy atom. The molecule has 0 bridgehead atoms. The van der Waals surface area contributed by atoms with Crippen molar-refractivity contribution >= 4 is 34.7 Å². The van der Waals surface area contributed by atoms with Gasteiger partial charge >= 0.3 is 5.97 Å². The summed E-state index contributed by atoms with van der Waals surface area (Å²) in [6.45, 7) is -0.382. The minimum absolute atomic E-state index is 0.0175. The number of hydrogen-bond donors (Lipinski definition) is 1. The van der Waals surface area contributed by atoms with Crippen molar-refractivity contribution < 1.29 is 14.3 Å². The summed E-state index contributed by atoms with van der Waals surface area (Å²) in [6.07, 6.45) is 1.97. The summed E-state index contributed by atoms with van der Waals surface area (Å²) >= 11 is 1.62. The molecule has 106 valence electrons. The van der Waals surface area contributed by atoms with Gasteiger partial charge in [-0.25, -0.2) is 4.98 Å². The second-order valence-electron chi connectivity index (χ2n) is 4.16. The fraction of sp³-hybridized carbons (Fsp3) is 0.308. The third-order valence-corrected chi connectivity index (χ3v) is 3.22. The van der Waals surface area contributed by atoms with Crippen LogP contribution in [0.4, 0.5) is 0 Å². The van der Waals surface area contributed by atoms with Crippen LogP contribution in [0.3, 0.4) is 0 Å². The van der Waals surface area contributed by atoms with Crippen molar-refractivity contribution in [3.8, 4) is 0 Å². The average Bonchev–Trinajstić information content (AvgIpc) is 2.75. The first-order chi connectivity index (χ1) is 9.61. The number of carbonyl (C=O) groups is 2. The van der Waals surface area contributed by atoms with Gasteiger partial charge < -0.3 is 15.0 Å². The van der Waals surface area contributed by atoms with Gasteiger partial charge in [-0.15, -0.1) is 0 Å². The van der Waals surface area contributed by atoms with Gasteiger partial charge in [-0.2, -0.15) is 11.8 Å². The molecular formula is C13H15N3O3S. The fourth-order valence-corrected chi connectivity index (χ4v) is 2.35. The van der Waals surface area contributed by atoms with E-state index in [1.165, 1.54) is 0 Å². The molecule has 2 rings (SSSR count). The van der Waals surface area contributed by atoms with Crippen LogP contribution < -0.4 is 5.73 Å². The second kappa shape index (κ2) is 6.42. The van der Waals surface area contributed by atoms with E-state index in [1.54, 1.807) is 16.3 Å². The van der Waals surface area contributed by atoms with Crippen LogP contribution in [0.5, 0.6) is 0 Å². The first-order valence-electron chi connectivity index (χ1n) is 5.99. The molecule has 0 aliphatic rings. The lowest BCUT2D eigenvalue weighted by atomic mass is 10.3. The first kappa shape index (κ1) is 14.4. The largest absolute Gasteiger partial charge is 0.454 e. The maximum atomic E-state index is 11.7. The van der Waals surface area contributed by atoms with Crippen LogP contribution in [0.25, 0.3) is 11.0 Å². The van der Waals surface area contributed by atoms with Crippen LogP contribution in [0.2, 0.25) is 0 Å². The highest BCUT2D eigenvalue weighted by atomic mass is 32.2. The summed E-state index contributed by atoms with van der Waals surface area (Å²) in [6, 6.07) is 7.57. The number of nitrogens with two attached hydrogens (primary N) is 1. The predicted molar refractivity (Wildman–Crippen MR) is 77.1 cm³/mol. The molecule has 1 aromatic carbocycles. The molecule has 0 saturated heterocycles. The van der Waals surface area contributed by atoms with Crippen molar-refractivity contribution in [2.24, 2.45) is 5.73 Å². The predicted octanol–water partition coefficient (Wildman–Crippen LogP) is 0.928. The molecule has 0 fully saturated rings. The number of para-hydroxylation sites is 2. The minimum atomic E-state index is -0.668. The van der Waals surface area contributed by atoms with E-state index in [-0.39, 0.29) is 6.54 Å². The number of aromatic nitrogens is 2. The standard InChI is InChI=1S/C13H15N3O3S/c1-20-8-12-15-9-4-2-3-5-10(9)16(12)6-13(18)19-7-11(14)17/h2-5H,6-8H2,1H3,(H2,14,17). The van der Waals surface area contributed by atoms with Crippen LogP contribution in [-0.2, 0) is 26.6 Å². The third-order valence-electron chi connectivity index (χ3n) is 2.67. The Hall–Kier alpha value is -2.02. The lowest BCUT2D eigenvalue weighted by Gasteiger charge is -2.08. The van der Waals surface area contributed by atoms with E-state index < -0.39 is 18.5 Å². The number of rotatable bonds is 6. The van der Waals surface area contributed by atoms with Gasteiger partial charge in [0, 0.05) is 0 Å². The topological polar surface area (TPSA) is 87.2 Å². The van der Waals surface area contributed by atoms with E-state index in [1.807, 2.05) is 30.5 Å². The normalized spacial score (nSPS) is 10.7. The number of fused-ring (bicyclic) bond motifs is 1. The van der Waals surface area contributed by atoms with E-state index in [2.05, 4.69) is 4.98 Å². The maximum Gasteiger partial charge on any atom is 0.326 e. The Morgan fingerprint density at radius 2 is 2.15 bits per heavy atom. The number of hydrogen-bond acceptors (Lipinski definition) is 5. The molecule has 20 heavy (non-hydrogen) atoms. The molecule has 1 aromatic heterocycles. The summed E-state index contributed by atoms with van der Waals surface area (Å²) in [5.74, 6) is 0.319. The Kier molecular flexibility index (Phi) is 4.62. The van der Waals surface area contributed by atoms with E-state index in [4.69, 9.17) is 10.5 Å². The van der Waals surface area contributed by atoms with Crippen molar-refractivity contribution in [1.82, 2.24) is 9.55 Å². The number of nitrogens with zero attached hydrogens (tertiary/aromatic N) is 2. The lowest BCUT2D eigenvalue weighted by molar-refractivity contribution is -0.148. The maximum absolute atomic E-state index is 11.7. The number of primary amides is 1. The molecule has 0 atom stereocenters. The monoisotopic (exact) mass is 293 g/mol. The summed E-state index contributed by atoms with van der Waals surface area (Å²) in [7, 11) is 0.